The van der Waals surface area contributed by atoms with Crippen molar-refractivity contribution in [2.75, 3.05) is 40.3 Å². The smallest absolute Gasteiger partial charge is 0.337 e. The van der Waals surface area contributed by atoms with Crippen molar-refractivity contribution in [1.82, 2.24) is 15.5 Å². The Morgan fingerprint density at radius 1 is 1.17 bits per heavy atom. The number of hydrogen-bond donors (Lipinski definition) is 2. The molecule has 162 valence electrons. The van der Waals surface area contributed by atoms with Crippen molar-refractivity contribution in [1.29, 1.82) is 0 Å². The second-order valence-electron chi connectivity index (χ2n) is 7.45. The zero-order valence-corrected chi connectivity index (χ0v) is 17.9. The van der Waals surface area contributed by atoms with Crippen LogP contribution in [-0.4, -0.2) is 57.2 Å². The molecule has 1 unspecified atom stereocenters. The van der Waals surface area contributed by atoms with Crippen LogP contribution in [0.25, 0.3) is 0 Å². The molecule has 0 spiro atoms. The Morgan fingerprint density at radius 3 is 2.57 bits per heavy atom. The molecule has 7 heteroatoms. The quantitative estimate of drug-likeness (QED) is 0.394. The standard InChI is InChI=1S/C23H32N4O3/c1-24-23(25-13-12-18-8-10-19(11-9-18)22(28)29-2)26-17-20(21-7-6-16-30-21)27-14-4-3-5-15-27/h6-11,16,20H,3-5,12-15,17H2,1-2H3,(H2,24,25,26). The molecule has 1 aliphatic heterocycles. The van der Waals surface area contributed by atoms with Crippen LogP contribution in [0.4, 0.5) is 0 Å². The fourth-order valence-corrected chi connectivity index (χ4v) is 3.79. The number of rotatable bonds is 8. The molecule has 1 saturated heterocycles. The first-order chi connectivity index (χ1) is 14.7. The number of piperidine rings is 1. The summed E-state index contributed by atoms with van der Waals surface area (Å²) in [6.07, 6.45) is 6.34. The number of likely N-dealkylation sites (tertiary alicyclic amines) is 1. The first-order valence-corrected chi connectivity index (χ1v) is 10.6. The van der Waals surface area contributed by atoms with Gasteiger partial charge in [-0.1, -0.05) is 18.6 Å². The molecular formula is C23H32N4O3. The van der Waals surface area contributed by atoms with Crippen molar-refractivity contribution < 1.29 is 13.9 Å². The van der Waals surface area contributed by atoms with E-state index < -0.39 is 0 Å². The van der Waals surface area contributed by atoms with Crippen LogP contribution in [0.3, 0.4) is 0 Å². The molecule has 7 nitrogen and oxygen atoms in total. The van der Waals surface area contributed by atoms with E-state index in [0.29, 0.717) is 5.56 Å². The number of benzene rings is 1. The second kappa shape index (κ2) is 11.4. The van der Waals surface area contributed by atoms with Crippen LogP contribution in [0.5, 0.6) is 0 Å². The summed E-state index contributed by atoms with van der Waals surface area (Å²) in [7, 11) is 3.17. The highest BCUT2D eigenvalue weighted by Crippen LogP contribution is 2.24. The van der Waals surface area contributed by atoms with E-state index in [1.165, 1.54) is 26.4 Å². The summed E-state index contributed by atoms with van der Waals surface area (Å²) in [5.74, 6) is 1.45. The lowest BCUT2D eigenvalue weighted by molar-refractivity contribution is 0.0600. The molecule has 2 N–H and O–H groups in total. The topological polar surface area (TPSA) is 79.1 Å². The van der Waals surface area contributed by atoms with Gasteiger partial charge in [0.25, 0.3) is 0 Å². The van der Waals surface area contributed by atoms with Crippen molar-refractivity contribution >= 4 is 11.9 Å². The predicted octanol–water partition coefficient (Wildman–Crippen LogP) is 3.00. The first-order valence-electron chi connectivity index (χ1n) is 10.6. The van der Waals surface area contributed by atoms with Gasteiger partial charge < -0.3 is 19.8 Å². The van der Waals surface area contributed by atoms with Crippen molar-refractivity contribution in [3.8, 4) is 0 Å². The zero-order chi connectivity index (χ0) is 21.2. The maximum atomic E-state index is 11.5. The highest BCUT2D eigenvalue weighted by molar-refractivity contribution is 5.89. The summed E-state index contributed by atoms with van der Waals surface area (Å²) in [5.41, 5.74) is 1.71. The van der Waals surface area contributed by atoms with Gasteiger partial charge in [0, 0.05) is 20.1 Å². The number of methoxy groups -OCH3 is 1. The number of hydrogen-bond acceptors (Lipinski definition) is 5. The van der Waals surface area contributed by atoms with Gasteiger partial charge in [-0.05, 0) is 62.2 Å². The van der Waals surface area contributed by atoms with Gasteiger partial charge in [0.1, 0.15) is 5.76 Å². The maximum absolute atomic E-state index is 11.5. The average Bonchev–Trinajstić information content (AvgIpc) is 3.33. The lowest BCUT2D eigenvalue weighted by atomic mass is 10.1. The third-order valence-electron chi connectivity index (χ3n) is 5.47. The van der Waals surface area contributed by atoms with E-state index in [4.69, 9.17) is 9.15 Å². The van der Waals surface area contributed by atoms with Gasteiger partial charge in [-0.3, -0.25) is 9.89 Å². The van der Waals surface area contributed by atoms with E-state index in [-0.39, 0.29) is 12.0 Å². The predicted molar refractivity (Wildman–Crippen MR) is 118 cm³/mol. The fraction of sp³-hybridized carbons (Fsp3) is 0.478. The third-order valence-corrected chi connectivity index (χ3v) is 5.47. The molecule has 30 heavy (non-hydrogen) atoms. The molecule has 1 atom stereocenters. The number of esters is 1. The molecule has 2 aromatic rings. The maximum Gasteiger partial charge on any atom is 0.337 e. The molecular weight excluding hydrogens is 380 g/mol. The second-order valence-corrected chi connectivity index (χ2v) is 7.45. The number of ether oxygens (including phenoxy) is 1. The number of furan rings is 1. The lowest BCUT2D eigenvalue weighted by Crippen LogP contribution is -2.44. The van der Waals surface area contributed by atoms with Crippen LogP contribution in [0.15, 0.2) is 52.1 Å². The molecule has 0 bridgehead atoms. The number of carbonyl (C=O) groups excluding carboxylic acids is 1. The van der Waals surface area contributed by atoms with E-state index in [1.54, 1.807) is 25.4 Å². The lowest BCUT2D eigenvalue weighted by Gasteiger charge is -2.33. The molecule has 0 aliphatic carbocycles. The van der Waals surface area contributed by atoms with E-state index >= 15 is 0 Å². The fourth-order valence-electron chi connectivity index (χ4n) is 3.79. The number of nitrogens with one attached hydrogen (secondary N) is 2. The molecule has 1 fully saturated rings. The van der Waals surface area contributed by atoms with Gasteiger partial charge in [0.2, 0.25) is 0 Å². The summed E-state index contributed by atoms with van der Waals surface area (Å²) < 4.78 is 10.4. The molecule has 3 rings (SSSR count). The van der Waals surface area contributed by atoms with Gasteiger partial charge in [-0.25, -0.2) is 4.79 Å². The zero-order valence-electron chi connectivity index (χ0n) is 17.9. The Hall–Kier alpha value is -2.80. The molecule has 1 aromatic heterocycles. The van der Waals surface area contributed by atoms with Crippen LogP contribution in [-0.2, 0) is 11.2 Å². The van der Waals surface area contributed by atoms with Crippen molar-refractivity contribution in [3.05, 3.63) is 59.5 Å². The molecule has 0 amide bonds. The normalized spacial score (nSPS) is 16.1. The average molecular weight is 413 g/mol. The Balaban J connectivity index is 1.49. The van der Waals surface area contributed by atoms with Gasteiger partial charge >= 0.3 is 5.97 Å². The molecule has 0 radical (unpaired) electrons. The largest absolute Gasteiger partial charge is 0.468 e. The minimum absolute atomic E-state index is 0.199. The SMILES string of the molecule is CN=C(NCCc1ccc(C(=O)OC)cc1)NCC(c1ccco1)N1CCCCC1. The number of carbonyl (C=O) groups is 1. The number of aliphatic imine (C=N–C) groups is 1. The molecule has 1 aromatic carbocycles. The van der Waals surface area contributed by atoms with Gasteiger partial charge in [-0.15, -0.1) is 0 Å². The summed E-state index contributed by atoms with van der Waals surface area (Å²) >= 11 is 0. The van der Waals surface area contributed by atoms with Gasteiger partial charge in [-0.2, -0.15) is 0 Å². The van der Waals surface area contributed by atoms with E-state index in [2.05, 4.69) is 26.6 Å². The molecule has 2 heterocycles. The summed E-state index contributed by atoms with van der Waals surface area (Å²) in [4.78, 5) is 18.4. The van der Waals surface area contributed by atoms with Crippen molar-refractivity contribution in [2.45, 2.75) is 31.7 Å². The van der Waals surface area contributed by atoms with Crippen LogP contribution in [0.2, 0.25) is 0 Å². The minimum Gasteiger partial charge on any atom is -0.468 e. The Morgan fingerprint density at radius 2 is 1.93 bits per heavy atom. The van der Waals surface area contributed by atoms with Crippen molar-refractivity contribution in [2.24, 2.45) is 4.99 Å². The van der Waals surface area contributed by atoms with Crippen LogP contribution < -0.4 is 10.6 Å². The van der Waals surface area contributed by atoms with E-state index in [9.17, 15) is 4.79 Å². The Bertz CT molecular complexity index is 796. The molecule has 0 saturated carbocycles. The van der Waals surface area contributed by atoms with Crippen LogP contribution >= 0.6 is 0 Å². The van der Waals surface area contributed by atoms with Gasteiger partial charge in [0.15, 0.2) is 5.96 Å². The van der Waals surface area contributed by atoms with E-state index in [0.717, 1.165) is 49.9 Å². The van der Waals surface area contributed by atoms with Crippen molar-refractivity contribution in [3.63, 3.8) is 0 Å². The van der Waals surface area contributed by atoms with Crippen LogP contribution in [0, 0.1) is 0 Å². The highest BCUT2D eigenvalue weighted by Gasteiger charge is 2.24. The Kier molecular flexibility index (Phi) is 8.32. The number of nitrogens with zero attached hydrogens (tertiary/aromatic N) is 2. The minimum atomic E-state index is -0.316. The third kappa shape index (κ3) is 6.10. The number of guanidine groups is 1. The summed E-state index contributed by atoms with van der Waals surface area (Å²) in [5, 5.41) is 6.82. The van der Waals surface area contributed by atoms with E-state index in [1.807, 2.05) is 18.2 Å². The van der Waals surface area contributed by atoms with Crippen LogP contribution in [0.1, 0.15) is 47.0 Å². The summed E-state index contributed by atoms with van der Waals surface area (Å²) in [6.45, 7) is 3.68. The summed E-state index contributed by atoms with van der Waals surface area (Å²) in [6, 6.07) is 11.7. The first kappa shape index (κ1) is 21.9. The monoisotopic (exact) mass is 412 g/mol. The highest BCUT2D eigenvalue weighted by atomic mass is 16.5. The molecule has 1 aliphatic rings. The van der Waals surface area contributed by atoms with Gasteiger partial charge in [0.05, 0.1) is 25.0 Å². The Labute approximate surface area is 178 Å².